The summed E-state index contributed by atoms with van der Waals surface area (Å²) in [6.45, 7) is 51.9. The van der Waals surface area contributed by atoms with E-state index in [0.29, 0.717) is 44.3 Å². The molecule has 22 nitrogen and oxygen atoms in total. The lowest BCUT2D eigenvalue weighted by Crippen LogP contribution is -2.60. The van der Waals surface area contributed by atoms with Crippen LogP contribution in [0.3, 0.4) is 0 Å². The Morgan fingerprint density at radius 2 is 0.795 bits per heavy atom. The summed E-state index contributed by atoms with van der Waals surface area (Å²) < 4.78 is 37.0. The minimum Gasteiger partial charge on any atom is -0.444 e. The Bertz CT molecular complexity index is 1760. The molecular weight excluding hydrogens is 1000 g/mol. The molecule has 0 aromatic heterocycles. The van der Waals surface area contributed by atoms with E-state index in [4.69, 9.17) is 33.2 Å². The van der Waals surface area contributed by atoms with Gasteiger partial charge in [0, 0.05) is 136 Å². The summed E-state index contributed by atoms with van der Waals surface area (Å²) in [5.41, 5.74) is -2.11. The molecule has 5 fully saturated rings. The summed E-state index contributed by atoms with van der Waals surface area (Å²) in [6.07, 6.45) is -1.10. The zero-order chi connectivity index (χ0) is 60.0. The molecule has 78 heavy (non-hydrogen) atoms. The first-order valence-electron chi connectivity index (χ1n) is 28.3. The van der Waals surface area contributed by atoms with Gasteiger partial charge in [0.25, 0.3) is 0 Å². The summed E-state index contributed by atoms with van der Waals surface area (Å²) >= 11 is 0. The van der Waals surface area contributed by atoms with Crippen LogP contribution in [0.1, 0.15) is 145 Å². The van der Waals surface area contributed by atoms with Crippen LogP contribution in [-0.2, 0) is 33.2 Å². The molecule has 5 amide bonds. The van der Waals surface area contributed by atoms with Gasteiger partial charge < -0.3 is 79.3 Å². The Balaban J connectivity index is 0.000000488. The number of carbonyl (C=O) groups is 5. The van der Waals surface area contributed by atoms with Crippen molar-refractivity contribution in [1.82, 2.24) is 51.1 Å². The second kappa shape index (κ2) is 33.1. The highest BCUT2D eigenvalue weighted by molar-refractivity contribution is 5.70. The van der Waals surface area contributed by atoms with Crippen molar-refractivity contribution in [2.24, 2.45) is 5.92 Å². The average Bonchev–Trinajstić information content (AvgIpc) is 3.27. The molecule has 7 unspecified atom stereocenters. The minimum absolute atomic E-state index is 0.0404. The molecule has 5 aliphatic heterocycles. The predicted molar refractivity (Wildman–Crippen MR) is 307 cm³/mol. The van der Waals surface area contributed by atoms with Gasteiger partial charge in [-0.2, -0.15) is 0 Å². The van der Waals surface area contributed by atoms with Gasteiger partial charge in [0.05, 0.1) is 19.3 Å². The third kappa shape index (κ3) is 30.6. The lowest BCUT2D eigenvalue weighted by atomic mass is 10.0. The van der Waals surface area contributed by atoms with Crippen molar-refractivity contribution in [1.29, 1.82) is 0 Å². The standard InChI is InChI=1S/C12H24N2O3.C12H24N2O2.C11H22N2O3.C11H22N2O2.C10H20N2O2/c1-9-6-13-7-10(8-16-5)14(9)11(15)17-12(2,3)4;1-9(2)10-8-14(7-6-13-10)11(15)16-12(3,4)5;1-11(2,3)16-10(14)13-6-5-12-9(7-13)8-15-4;1-8-6-12-7-9(2)13(8)10(14)15-11(3,4)5;1-8-7-12(6-5-11-8)9(13)14-10(2,3)4/h9-10,13H,6-8H2,1-5H3;9-10,13H,6-8H2,1-5H3;9,12H,5-8H2,1-4H3;8-9,12H,6-7H2,1-5H3;8,11H,5-7H2,1-4H3. The molecule has 0 aliphatic carbocycles. The van der Waals surface area contributed by atoms with Gasteiger partial charge >= 0.3 is 30.5 Å². The van der Waals surface area contributed by atoms with Crippen molar-refractivity contribution in [3.8, 4) is 0 Å². The van der Waals surface area contributed by atoms with Crippen molar-refractivity contribution in [3.05, 3.63) is 0 Å². The molecule has 5 heterocycles. The number of hydrogen-bond acceptors (Lipinski definition) is 17. The summed E-state index contributed by atoms with van der Waals surface area (Å²) in [4.78, 5) is 68.2. The average molecular weight is 1120 g/mol. The zero-order valence-corrected chi connectivity index (χ0v) is 52.9. The van der Waals surface area contributed by atoms with Crippen LogP contribution in [0, 0.1) is 5.92 Å². The van der Waals surface area contributed by atoms with E-state index in [1.54, 1.807) is 33.8 Å². The van der Waals surface area contributed by atoms with Crippen LogP contribution in [-0.4, -0.2) is 238 Å². The van der Waals surface area contributed by atoms with Gasteiger partial charge in [-0.1, -0.05) is 13.8 Å². The summed E-state index contributed by atoms with van der Waals surface area (Å²) in [5.74, 6) is 0.533. The quantitative estimate of drug-likeness (QED) is 0.180. The maximum Gasteiger partial charge on any atom is 0.410 e. The lowest BCUT2D eigenvalue weighted by Gasteiger charge is -2.41. The Morgan fingerprint density at radius 1 is 0.449 bits per heavy atom. The van der Waals surface area contributed by atoms with E-state index in [9.17, 15) is 24.0 Å². The predicted octanol–water partition coefficient (Wildman–Crippen LogP) is 6.74. The molecule has 0 bridgehead atoms. The fourth-order valence-electron chi connectivity index (χ4n) is 8.57. The smallest absolute Gasteiger partial charge is 0.410 e. The Hall–Kier alpha value is -3.93. The van der Waals surface area contributed by atoms with E-state index in [-0.39, 0.29) is 60.7 Å². The second-order valence-electron chi connectivity index (χ2n) is 26.3. The molecule has 5 rings (SSSR count). The topological polar surface area (TPSA) is 226 Å². The van der Waals surface area contributed by atoms with Crippen LogP contribution in [0.15, 0.2) is 0 Å². The summed E-state index contributed by atoms with van der Waals surface area (Å²) in [5, 5.41) is 16.6. The Labute approximate surface area is 471 Å². The van der Waals surface area contributed by atoms with Gasteiger partial charge in [0.2, 0.25) is 0 Å². The minimum atomic E-state index is -0.459. The van der Waals surface area contributed by atoms with Gasteiger partial charge in [-0.3, -0.25) is 4.90 Å². The summed E-state index contributed by atoms with van der Waals surface area (Å²) in [6, 6.07) is 1.49. The molecule has 5 saturated heterocycles. The molecule has 5 N–H and O–H groups in total. The molecular formula is C56H112N10O12. The fraction of sp³-hybridized carbons (Fsp3) is 0.911. The van der Waals surface area contributed by atoms with Crippen molar-refractivity contribution >= 4 is 30.5 Å². The third-order valence-electron chi connectivity index (χ3n) is 12.0. The highest BCUT2D eigenvalue weighted by Gasteiger charge is 2.36. The molecule has 5 aliphatic rings. The summed E-state index contributed by atoms with van der Waals surface area (Å²) in [7, 11) is 3.31. The fourth-order valence-corrected chi connectivity index (χ4v) is 8.57. The number of nitrogens with zero attached hydrogens (tertiary/aromatic N) is 5. The highest BCUT2D eigenvalue weighted by Crippen LogP contribution is 2.20. The third-order valence-corrected chi connectivity index (χ3v) is 12.0. The number of amides is 5. The van der Waals surface area contributed by atoms with Crippen LogP contribution in [0.25, 0.3) is 0 Å². The van der Waals surface area contributed by atoms with Crippen LogP contribution in [0.5, 0.6) is 0 Å². The number of ether oxygens (including phenoxy) is 7. The van der Waals surface area contributed by atoms with Gasteiger partial charge in [-0.25, -0.2) is 24.0 Å². The Morgan fingerprint density at radius 3 is 1.19 bits per heavy atom. The Kier molecular flexibility index (Phi) is 30.6. The van der Waals surface area contributed by atoms with Crippen LogP contribution in [0.2, 0.25) is 0 Å². The van der Waals surface area contributed by atoms with Crippen LogP contribution < -0.4 is 26.6 Å². The van der Waals surface area contributed by atoms with E-state index >= 15 is 0 Å². The molecule has 0 saturated carbocycles. The van der Waals surface area contributed by atoms with Gasteiger partial charge in [0.1, 0.15) is 28.0 Å². The van der Waals surface area contributed by atoms with Crippen LogP contribution in [0.4, 0.5) is 24.0 Å². The van der Waals surface area contributed by atoms with Crippen molar-refractivity contribution in [2.45, 2.75) is 216 Å². The van der Waals surface area contributed by atoms with E-state index in [0.717, 1.165) is 72.0 Å². The molecule has 0 spiro atoms. The number of methoxy groups -OCH3 is 2. The number of carbonyl (C=O) groups excluding carboxylic acids is 5. The van der Waals surface area contributed by atoms with E-state index in [1.165, 1.54) is 0 Å². The zero-order valence-electron chi connectivity index (χ0n) is 52.9. The largest absolute Gasteiger partial charge is 0.444 e. The number of piperazine rings is 5. The molecule has 0 radical (unpaired) electrons. The van der Waals surface area contributed by atoms with Crippen molar-refractivity contribution in [3.63, 3.8) is 0 Å². The van der Waals surface area contributed by atoms with E-state index in [2.05, 4.69) is 47.4 Å². The van der Waals surface area contributed by atoms with Gasteiger partial charge in [-0.15, -0.1) is 0 Å². The van der Waals surface area contributed by atoms with Crippen LogP contribution >= 0.6 is 0 Å². The molecule has 0 aromatic rings. The SMILES string of the molecule is CC(C)C1CN(C(=O)OC(C)(C)C)CCN1.CC1CN(C(=O)OC(C)(C)C)CCN1.CC1CNCC(C)N1C(=O)OC(C)(C)C.COCC1CN(C(=O)OC(C)(C)C)CCN1.COCC1CNCC(C)N1C(=O)OC(C)(C)C. The number of rotatable bonds is 5. The first kappa shape index (κ1) is 72.1. The molecule has 7 atom stereocenters. The van der Waals surface area contributed by atoms with E-state index in [1.807, 2.05) is 130 Å². The second-order valence-corrected chi connectivity index (χ2v) is 26.3. The lowest BCUT2D eigenvalue weighted by molar-refractivity contribution is -0.0123. The monoisotopic (exact) mass is 1120 g/mol. The molecule has 0 aromatic carbocycles. The normalized spacial score (nSPS) is 24.3. The molecule has 22 heteroatoms. The highest BCUT2D eigenvalue weighted by atomic mass is 16.6. The number of hydrogen-bond donors (Lipinski definition) is 5. The van der Waals surface area contributed by atoms with Gasteiger partial charge in [-0.05, 0) is 137 Å². The van der Waals surface area contributed by atoms with E-state index < -0.39 is 28.0 Å². The maximum absolute atomic E-state index is 12.1. The number of nitrogens with one attached hydrogen (secondary N) is 5. The molecule has 458 valence electrons. The first-order valence-corrected chi connectivity index (χ1v) is 28.3. The first-order chi connectivity index (χ1) is 35.8. The van der Waals surface area contributed by atoms with Crippen molar-refractivity contribution in [2.75, 3.05) is 113 Å². The maximum atomic E-state index is 12.1. The van der Waals surface area contributed by atoms with Crippen molar-refractivity contribution < 1.29 is 57.1 Å². The van der Waals surface area contributed by atoms with Gasteiger partial charge in [0.15, 0.2) is 0 Å².